The van der Waals surface area contributed by atoms with Gasteiger partial charge in [-0.1, -0.05) is 0 Å². The Kier molecular flexibility index (Phi) is 1.97. The third-order valence-corrected chi connectivity index (χ3v) is 1.08. The molecule has 0 aliphatic heterocycles. The Morgan fingerprint density at radius 3 is 3.09 bits per heavy atom. The number of rotatable bonds is 2. The van der Waals surface area contributed by atoms with Crippen LogP contribution in [-0.4, -0.2) is 11.8 Å². The van der Waals surface area contributed by atoms with Crippen molar-refractivity contribution < 1.29 is 9.26 Å². The van der Waals surface area contributed by atoms with Crippen LogP contribution >= 0.6 is 0 Å². The van der Waals surface area contributed by atoms with Gasteiger partial charge in [-0.2, -0.15) is 5.26 Å². The van der Waals surface area contributed by atoms with Crippen LogP contribution in [0.1, 0.15) is 12.5 Å². The Hall–Kier alpha value is -1.70. The summed E-state index contributed by atoms with van der Waals surface area (Å²) in [4.78, 5) is 0. The number of nitrogens with two attached hydrogens (primary N) is 1. The van der Waals surface area contributed by atoms with Gasteiger partial charge in [0.1, 0.15) is 6.07 Å². The highest BCUT2D eigenvalue weighted by atomic mass is 16.5. The zero-order valence-electron chi connectivity index (χ0n) is 6.00. The van der Waals surface area contributed by atoms with Crippen LogP contribution in [0.2, 0.25) is 0 Å². The first-order valence-electron chi connectivity index (χ1n) is 3.07. The van der Waals surface area contributed by atoms with Crippen LogP contribution in [-0.2, 0) is 0 Å². The summed E-state index contributed by atoms with van der Waals surface area (Å²) in [6.07, 6.45) is 0. The predicted molar refractivity (Wildman–Crippen MR) is 36.8 cm³/mol. The molecule has 1 aromatic heterocycles. The normalized spacial score (nSPS) is 9.09. The minimum Gasteiger partial charge on any atom is -0.475 e. The molecule has 11 heavy (non-hydrogen) atoms. The summed E-state index contributed by atoms with van der Waals surface area (Å²) in [5, 5.41) is 11.9. The summed E-state index contributed by atoms with van der Waals surface area (Å²) >= 11 is 0. The number of aromatic nitrogens is 1. The molecule has 0 saturated carbocycles. The van der Waals surface area contributed by atoms with Gasteiger partial charge in [-0.05, 0) is 12.1 Å². The van der Waals surface area contributed by atoms with E-state index in [1.807, 2.05) is 6.07 Å². The highest BCUT2D eigenvalue weighted by molar-refractivity contribution is 5.51. The number of anilines is 1. The second-order valence-corrected chi connectivity index (χ2v) is 1.77. The molecule has 2 N–H and O–H groups in total. The van der Waals surface area contributed by atoms with Crippen molar-refractivity contribution in [3.8, 4) is 11.9 Å². The largest absolute Gasteiger partial charge is 0.475 e. The van der Waals surface area contributed by atoms with Crippen molar-refractivity contribution in [1.29, 1.82) is 5.26 Å². The molecule has 1 heterocycles. The third-order valence-electron chi connectivity index (χ3n) is 1.08. The standard InChI is InChI=1S/C6H7N3O2/c1-2-10-6-4(3-7)5(8)11-9-6/h2,8H2,1H3. The fourth-order valence-corrected chi connectivity index (χ4v) is 0.625. The molecule has 58 valence electrons. The van der Waals surface area contributed by atoms with Crippen molar-refractivity contribution in [3.05, 3.63) is 5.56 Å². The smallest absolute Gasteiger partial charge is 0.274 e. The maximum atomic E-state index is 8.50. The number of nitrogen functional groups attached to an aromatic ring is 1. The first-order valence-corrected chi connectivity index (χ1v) is 3.07. The molecule has 0 saturated heterocycles. The number of ether oxygens (including phenoxy) is 1. The molecule has 5 heteroatoms. The molecule has 0 atom stereocenters. The number of nitriles is 1. The number of hydrogen-bond donors (Lipinski definition) is 1. The van der Waals surface area contributed by atoms with E-state index in [0.29, 0.717) is 6.61 Å². The Balaban J connectivity index is 2.98. The van der Waals surface area contributed by atoms with Crippen molar-refractivity contribution in [2.24, 2.45) is 0 Å². The Labute approximate surface area is 63.3 Å². The Bertz CT molecular complexity index is 287. The summed E-state index contributed by atoms with van der Waals surface area (Å²) in [7, 11) is 0. The van der Waals surface area contributed by atoms with Crippen molar-refractivity contribution in [2.75, 3.05) is 12.3 Å². The lowest BCUT2D eigenvalue weighted by Gasteiger charge is -1.93. The van der Waals surface area contributed by atoms with Crippen LogP contribution in [0.15, 0.2) is 4.52 Å². The molecular formula is C6H7N3O2. The second-order valence-electron chi connectivity index (χ2n) is 1.77. The van der Waals surface area contributed by atoms with E-state index < -0.39 is 0 Å². The minimum absolute atomic E-state index is 0.00375. The van der Waals surface area contributed by atoms with Crippen molar-refractivity contribution >= 4 is 5.88 Å². The molecule has 1 aromatic rings. The Morgan fingerprint density at radius 1 is 1.82 bits per heavy atom. The first-order chi connectivity index (χ1) is 5.29. The molecule has 0 aromatic carbocycles. The lowest BCUT2D eigenvalue weighted by Crippen LogP contribution is -1.93. The van der Waals surface area contributed by atoms with E-state index in [0.717, 1.165) is 0 Å². The van der Waals surface area contributed by atoms with Crippen molar-refractivity contribution in [2.45, 2.75) is 6.92 Å². The molecule has 0 spiro atoms. The third kappa shape index (κ3) is 1.24. The van der Waals surface area contributed by atoms with Crippen LogP contribution in [0.3, 0.4) is 0 Å². The number of nitrogens with zero attached hydrogens (tertiary/aromatic N) is 2. The summed E-state index contributed by atoms with van der Waals surface area (Å²) < 4.78 is 9.46. The van der Waals surface area contributed by atoms with Gasteiger partial charge >= 0.3 is 0 Å². The van der Waals surface area contributed by atoms with E-state index in [-0.39, 0.29) is 17.3 Å². The van der Waals surface area contributed by atoms with Gasteiger partial charge in [-0.15, -0.1) is 0 Å². The Morgan fingerprint density at radius 2 is 2.55 bits per heavy atom. The molecule has 0 unspecified atom stereocenters. The van der Waals surface area contributed by atoms with Gasteiger partial charge in [0, 0.05) is 0 Å². The molecule has 0 fully saturated rings. The lowest BCUT2D eigenvalue weighted by molar-refractivity contribution is 0.296. The van der Waals surface area contributed by atoms with Gasteiger partial charge in [-0.25, -0.2) is 0 Å². The van der Waals surface area contributed by atoms with Crippen LogP contribution in [0.4, 0.5) is 5.88 Å². The van der Waals surface area contributed by atoms with Gasteiger partial charge in [0.15, 0.2) is 5.56 Å². The van der Waals surface area contributed by atoms with E-state index in [4.69, 9.17) is 15.7 Å². The molecular weight excluding hydrogens is 146 g/mol. The summed E-state index contributed by atoms with van der Waals surface area (Å²) in [6, 6.07) is 1.82. The number of hydrogen-bond acceptors (Lipinski definition) is 5. The van der Waals surface area contributed by atoms with Crippen molar-refractivity contribution in [3.63, 3.8) is 0 Å². The minimum atomic E-state index is -0.00375. The quantitative estimate of drug-likeness (QED) is 0.669. The summed E-state index contributed by atoms with van der Waals surface area (Å²) in [5.74, 6) is 0.156. The van der Waals surface area contributed by atoms with Crippen LogP contribution < -0.4 is 10.5 Å². The monoisotopic (exact) mass is 153 g/mol. The van der Waals surface area contributed by atoms with Gasteiger partial charge in [0.05, 0.1) is 6.61 Å². The fraction of sp³-hybridized carbons (Fsp3) is 0.333. The van der Waals surface area contributed by atoms with Crippen LogP contribution in [0.25, 0.3) is 0 Å². The predicted octanol–water partition coefficient (Wildman–Crippen LogP) is 0.527. The van der Waals surface area contributed by atoms with E-state index in [2.05, 4.69) is 9.68 Å². The highest BCUT2D eigenvalue weighted by Crippen LogP contribution is 2.21. The summed E-state index contributed by atoms with van der Waals surface area (Å²) in [6.45, 7) is 2.21. The van der Waals surface area contributed by atoms with Gasteiger partial charge in [-0.3, -0.25) is 0 Å². The average Bonchev–Trinajstić information content (AvgIpc) is 2.33. The SMILES string of the molecule is CCOc1noc(N)c1C#N. The maximum absolute atomic E-state index is 8.50. The molecule has 1 rings (SSSR count). The zero-order chi connectivity index (χ0) is 8.27. The molecule has 0 aliphatic rings. The zero-order valence-corrected chi connectivity index (χ0v) is 6.00. The lowest BCUT2D eigenvalue weighted by atomic mass is 10.3. The van der Waals surface area contributed by atoms with E-state index in [9.17, 15) is 0 Å². The van der Waals surface area contributed by atoms with Gasteiger partial charge < -0.3 is 15.0 Å². The molecule has 0 amide bonds. The highest BCUT2D eigenvalue weighted by Gasteiger charge is 2.13. The molecule has 0 aliphatic carbocycles. The molecule has 0 radical (unpaired) electrons. The average molecular weight is 153 g/mol. The van der Waals surface area contributed by atoms with E-state index in [1.165, 1.54) is 0 Å². The maximum Gasteiger partial charge on any atom is 0.274 e. The summed E-state index contributed by atoms with van der Waals surface area (Å²) in [5.41, 5.74) is 5.41. The fourth-order valence-electron chi connectivity index (χ4n) is 0.625. The topological polar surface area (TPSA) is 85.1 Å². The van der Waals surface area contributed by atoms with E-state index >= 15 is 0 Å². The first kappa shape index (κ1) is 7.41. The van der Waals surface area contributed by atoms with Crippen LogP contribution in [0.5, 0.6) is 5.88 Å². The molecule has 5 nitrogen and oxygen atoms in total. The van der Waals surface area contributed by atoms with Gasteiger partial charge in [0.2, 0.25) is 5.88 Å². The molecule has 0 bridgehead atoms. The second kappa shape index (κ2) is 2.92. The van der Waals surface area contributed by atoms with E-state index in [1.54, 1.807) is 6.92 Å². The van der Waals surface area contributed by atoms with Crippen LogP contribution in [0, 0.1) is 11.3 Å². The van der Waals surface area contributed by atoms with Crippen molar-refractivity contribution in [1.82, 2.24) is 5.16 Å². The van der Waals surface area contributed by atoms with Gasteiger partial charge in [0.25, 0.3) is 5.88 Å².